The highest BCUT2D eigenvalue weighted by Gasteiger charge is 2.30. The van der Waals surface area contributed by atoms with Crippen LogP contribution in [-0.2, 0) is 11.8 Å². The molecule has 0 bridgehead atoms. The molecule has 21 heavy (non-hydrogen) atoms. The summed E-state index contributed by atoms with van der Waals surface area (Å²) >= 11 is 0. The van der Waals surface area contributed by atoms with Crippen LogP contribution < -0.4 is 0 Å². The Hall–Kier alpha value is -1.67. The van der Waals surface area contributed by atoms with Crippen LogP contribution >= 0.6 is 0 Å². The Morgan fingerprint density at radius 2 is 1.52 bits per heavy atom. The molecule has 0 saturated heterocycles. The van der Waals surface area contributed by atoms with Gasteiger partial charge in [0.1, 0.15) is 5.82 Å². The van der Waals surface area contributed by atoms with Gasteiger partial charge in [-0.15, -0.1) is 0 Å². The lowest BCUT2D eigenvalue weighted by atomic mass is 9.76. The van der Waals surface area contributed by atoms with Crippen LogP contribution in [0.1, 0.15) is 36.1 Å². The number of hydrogen-bond acceptors (Lipinski definition) is 1. The van der Waals surface area contributed by atoms with Crippen molar-refractivity contribution in [3.8, 4) is 0 Å². The molecule has 1 N–H and O–H groups in total. The summed E-state index contributed by atoms with van der Waals surface area (Å²) in [5.74, 6) is -0.251. The van der Waals surface area contributed by atoms with E-state index in [1.54, 1.807) is 12.1 Å². The van der Waals surface area contributed by atoms with Gasteiger partial charge in [-0.1, -0.05) is 44.2 Å². The Balaban J connectivity index is 2.26. The molecule has 2 aromatic carbocycles. The van der Waals surface area contributed by atoms with Crippen molar-refractivity contribution in [2.24, 2.45) is 0 Å². The van der Waals surface area contributed by atoms with Crippen LogP contribution in [0, 0.1) is 19.7 Å². The van der Waals surface area contributed by atoms with Crippen molar-refractivity contribution >= 4 is 0 Å². The van der Waals surface area contributed by atoms with Crippen LogP contribution in [-0.4, -0.2) is 11.2 Å². The molecule has 0 aliphatic carbocycles. The van der Waals surface area contributed by atoms with Crippen molar-refractivity contribution in [3.05, 3.63) is 70.5 Å². The van der Waals surface area contributed by atoms with Crippen molar-refractivity contribution in [2.75, 3.05) is 0 Å². The highest BCUT2D eigenvalue weighted by Crippen LogP contribution is 2.30. The van der Waals surface area contributed by atoms with Crippen molar-refractivity contribution in [1.82, 2.24) is 0 Å². The molecule has 1 atom stereocenters. The molecule has 0 saturated carbocycles. The third-order valence-corrected chi connectivity index (χ3v) is 4.46. The largest absolute Gasteiger partial charge is 0.392 e. The predicted octanol–water partition coefficient (Wildman–Crippen LogP) is 4.32. The minimum Gasteiger partial charge on any atom is -0.392 e. The van der Waals surface area contributed by atoms with Crippen molar-refractivity contribution in [2.45, 2.75) is 45.6 Å². The van der Waals surface area contributed by atoms with Gasteiger partial charge in [-0.2, -0.15) is 0 Å². The first-order valence-corrected chi connectivity index (χ1v) is 7.31. The van der Waals surface area contributed by atoms with E-state index in [9.17, 15) is 9.50 Å². The number of aliphatic hydroxyl groups is 1. The van der Waals surface area contributed by atoms with Gasteiger partial charge < -0.3 is 5.11 Å². The highest BCUT2D eigenvalue weighted by atomic mass is 19.1. The number of benzene rings is 2. The van der Waals surface area contributed by atoms with Crippen LogP contribution in [0.15, 0.2) is 42.5 Å². The fourth-order valence-corrected chi connectivity index (χ4v) is 2.69. The molecule has 1 unspecified atom stereocenters. The zero-order valence-corrected chi connectivity index (χ0v) is 13.2. The summed E-state index contributed by atoms with van der Waals surface area (Å²) in [7, 11) is 0. The topological polar surface area (TPSA) is 20.2 Å². The zero-order chi connectivity index (χ0) is 15.6. The number of aliphatic hydroxyl groups excluding tert-OH is 1. The standard InChI is InChI=1S/C19H23FO/c1-13-6-5-7-14(2)17(13)12-18(21)19(3,4)15-8-10-16(20)11-9-15/h5-11,18,21H,12H2,1-4H3. The molecule has 0 fully saturated rings. The third kappa shape index (κ3) is 3.33. The summed E-state index contributed by atoms with van der Waals surface area (Å²) in [6.07, 6.45) is 0.0749. The second-order valence-corrected chi connectivity index (χ2v) is 6.32. The van der Waals surface area contributed by atoms with E-state index in [0.29, 0.717) is 6.42 Å². The average molecular weight is 286 g/mol. The van der Waals surface area contributed by atoms with E-state index in [-0.39, 0.29) is 5.82 Å². The summed E-state index contributed by atoms with van der Waals surface area (Å²) in [5, 5.41) is 10.7. The molecular formula is C19H23FO. The summed E-state index contributed by atoms with van der Waals surface area (Å²) in [6.45, 7) is 8.14. The first-order chi connectivity index (χ1) is 9.82. The molecule has 0 amide bonds. The Morgan fingerprint density at radius 3 is 2.05 bits per heavy atom. The average Bonchev–Trinajstić information content (AvgIpc) is 2.43. The van der Waals surface area contributed by atoms with Crippen molar-refractivity contribution in [3.63, 3.8) is 0 Å². The molecule has 2 heteroatoms. The Kier molecular flexibility index (Phi) is 4.48. The molecule has 1 nitrogen and oxygen atoms in total. The lowest BCUT2D eigenvalue weighted by molar-refractivity contribution is 0.0996. The Morgan fingerprint density at radius 1 is 1.00 bits per heavy atom. The van der Waals surface area contributed by atoms with Gasteiger partial charge >= 0.3 is 0 Å². The number of halogens is 1. The van der Waals surface area contributed by atoms with E-state index < -0.39 is 11.5 Å². The lowest BCUT2D eigenvalue weighted by Gasteiger charge is -2.32. The van der Waals surface area contributed by atoms with Gasteiger partial charge in [0.05, 0.1) is 6.10 Å². The zero-order valence-electron chi connectivity index (χ0n) is 13.2. The molecule has 0 aliphatic rings. The molecule has 2 aromatic rings. The van der Waals surface area contributed by atoms with Gasteiger partial charge in [0.15, 0.2) is 0 Å². The molecule has 0 spiro atoms. The van der Waals surface area contributed by atoms with Crippen LogP contribution in [0.3, 0.4) is 0 Å². The van der Waals surface area contributed by atoms with Gasteiger partial charge in [-0.25, -0.2) is 4.39 Å². The fraction of sp³-hybridized carbons (Fsp3) is 0.368. The van der Waals surface area contributed by atoms with E-state index in [2.05, 4.69) is 26.0 Å². The van der Waals surface area contributed by atoms with Gasteiger partial charge in [0.2, 0.25) is 0 Å². The van der Waals surface area contributed by atoms with Gasteiger partial charge in [-0.05, 0) is 54.7 Å². The number of aryl methyl sites for hydroxylation is 2. The van der Waals surface area contributed by atoms with E-state index >= 15 is 0 Å². The van der Waals surface area contributed by atoms with Gasteiger partial charge in [0.25, 0.3) is 0 Å². The molecule has 0 aromatic heterocycles. The number of rotatable bonds is 4. The van der Waals surface area contributed by atoms with Crippen LogP contribution in [0.2, 0.25) is 0 Å². The molecule has 0 radical (unpaired) electrons. The molecule has 2 rings (SSSR count). The summed E-state index contributed by atoms with van der Waals surface area (Å²) in [6, 6.07) is 12.6. The molecule has 0 heterocycles. The van der Waals surface area contributed by atoms with E-state index in [0.717, 1.165) is 5.56 Å². The Bertz CT molecular complexity index is 594. The van der Waals surface area contributed by atoms with Crippen molar-refractivity contribution in [1.29, 1.82) is 0 Å². The monoisotopic (exact) mass is 286 g/mol. The Labute approximate surface area is 126 Å². The summed E-state index contributed by atoms with van der Waals surface area (Å²) in [5.41, 5.74) is 4.11. The molecular weight excluding hydrogens is 263 g/mol. The molecule has 112 valence electrons. The predicted molar refractivity (Wildman–Crippen MR) is 85.1 cm³/mol. The SMILES string of the molecule is Cc1cccc(C)c1CC(O)C(C)(C)c1ccc(F)cc1. The van der Waals surface area contributed by atoms with Gasteiger partial charge in [0, 0.05) is 5.41 Å². The van der Waals surface area contributed by atoms with E-state index in [1.165, 1.54) is 28.8 Å². The normalized spacial score (nSPS) is 13.2. The quantitative estimate of drug-likeness (QED) is 0.887. The van der Waals surface area contributed by atoms with Gasteiger partial charge in [-0.3, -0.25) is 0 Å². The lowest BCUT2D eigenvalue weighted by Crippen LogP contribution is -2.35. The second-order valence-electron chi connectivity index (χ2n) is 6.32. The third-order valence-electron chi connectivity index (χ3n) is 4.46. The highest BCUT2D eigenvalue weighted by molar-refractivity contribution is 5.35. The van der Waals surface area contributed by atoms with Crippen LogP contribution in [0.4, 0.5) is 4.39 Å². The first kappa shape index (κ1) is 15.7. The van der Waals surface area contributed by atoms with E-state index in [1.807, 2.05) is 19.9 Å². The molecule has 0 aliphatic heterocycles. The minimum atomic E-state index is -0.525. The maximum atomic E-state index is 13.1. The second kappa shape index (κ2) is 5.98. The van der Waals surface area contributed by atoms with Crippen LogP contribution in [0.25, 0.3) is 0 Å². The van der Waals surface area contributed by atoms with E-state index in [4.69, 9.17) is 0 Å². The smallest absolute Gasteiger partial charge is 0.123 e. The maximum absolute atomic E-state index is 13.1. The van der Waals surface area contributed by atoms with Crippen LogP contribution in [0.5, 0.6) is 0 Å². The summed E-state index contributed by atoms with van der Waals surface area (Å²) in [4.78, 5) is 0. The number of hydrogen-bond donors (Lipinski definition) is 1. The minimum absolute atomic E-state index is 0.251. The summed E-state index contributed by atoms with van der Waals surface area (Å²) < 4.78 is 13.1. The maximum Gasteiger partial charge on any atom is 0.123 e. The van der Waals surface area contributed by atoms with Crippen molar-refractivity contribution < 1.29 is 9.50 Å². The first-order valence-electron chi connectivity index (χ1n) is 7.31. The fourth-order valence-electron chi connectivity index (χ4n) is 2.69.